The van der Waals surface area contributed by atoms with Gasteiger partial charge in [0.15, 0.2) is 11.4 Å². The lowest BCUT2D eigenvalue weighted by Gasteiger charge is -2.10. The predicted molar refractivity (Wildman–Crippen MR) is 118 cm³/mol. The molecule has 4 aromatic rings. The third kappa shape index (κ3) is 3.65. The number of imidazole rings is 1. The van der Waals surface area contributed by atoms with Gasteiger partial charge in [-0.25, -0.2) is 4.98 Å². The zero-order valence-electron chi connectivity index (χ0n) is 16.5. The zero-order chi connectivity index (χ0) is 21.3. The average molecular weight is 414 g/mol. The highest BCUT2D eigenvalue weighted by molar-refractivity contribution is 8.00. The van der Waals surface area contributed by atoms with Gasteiger partial charge in [-0.05, 0) is 55.0 Å². The molecule has 0 saturated heterocycles. The first-order valence-corrected chi connectivity index (χ1v) is 10.3. The van der Waals surface area contributed by atoms with Crippen molar-refractivity contribution >= 4 is 45.8 Å². The minimum atomic E-state index is -0.155. The Kier molecular flexibility index (Phi) is 5.25. The van der Waals surface area contributed by atoms with Crippen LogP contribution in [0.25, 0.3) is 16.7 Å². The van der Waals surface area contributed by atoms with Crippen LogP contribution in [-0.2, 0) is 4.79 Å². The van der Waals surface area contributed by atoms with Crippen LogP contribution in [0.4, 0.5) is 5.69 Å². The Morgan fingerprint density at radius 3 is 2.60 bits per heavy atom. The van der Waals surface area contributed by atoms with Crippen LogP contribution in [0.5, 0.6) is 0 Å². The number of aryl methyl sites for hydroxylation is 1. The minimum Gasteiger partial charge on any atom is -0.326 e. The lowest BCUT2D eigenvalue weighted by Crippen LogP contribution is -2.07. The number of Topliss-reactive ketones (excluding diaryl/α,β-unsaturated/α-hetero) is 1. The van der Waals surface area contributed by atoms with Gasteiger partial charge in [0.25, 0.3) is 0 Å². The number of nitrogens with one attached hydrogen (secondary N) is 1. The molecule has 0 atom stereocenters. The van der Waals surface area contributed by atoms with Crippen molar-refractivity contribution in [2.45, 2.75) is 18.9 Å². The number of benzene rings is 2. The summed E-state index contributed by atoms with van der Waals surface area (Å²) >= 11 is 1.41. The van der Waals surface area contributed by atoms with Crippen molar-refractivity contribution in [1.29, 1.82) is 5.26 Å². The number of nitriles is 1. The Hall–Kier alpha value is -3.63. The van der Waals surface area contributed by atoms with E-state index in [9.17, 15) is 14.9 Å². The molecule has 2 aromatic heterocycles. The maximum atomic E-state index is 12.7. The van der Waals surface area contributed by atoms with Crippen LogP contribution in [0, 0.1) is 18.3 Å². The summed E-state index contributed by atoms with van der Waals surface area (Å²) in [6.45, 7) is 3.32. The fourth-order valence-corrected chi connectivity index (χ4v) is 4.34. The first-order valence-electron chi connectivity index (χ1n) is 9.32. The number of rotatable bonds is 5. The zero-order valence-corrected chi connectivity index (χ0v) is 17.3. The molecule has 7 heteroatoms. The number of carbonyl (C=O) groups is 2. The number of ketones is 1. The molecule has 2 aromatic carbocycles. The second-order valence-corrected chi connectivity index (χ2v) is 7.88. The molecule has 0 unspecified atom stereocenters. The van der Waals surface area contributed by atoms with Gasteiger partial charge >= 0.3 is 0 Å². The molecule has 0 fully saturated rings. The topological polar surface area (TPSA) is 87.3 Å². The van der Waals surface area contributed by atoms with E-state index in [0.29, 0.717) is 22.5 Å². The van der Waals surface area contributed by atoms with Gasteiger partial charge in [-0.3, -0.25) is 14.0 Å². The quantitative estimate of drug-likeness (QED) is 0.381. The van der Waals surface area contributed by atoms with Gasteiger partial charge in [-0.15, -0.1) is 0 Å². The van der Waals surface area contributed by atoms with E-state index in [-0.39, 0.29) is 17.4 Å². The third-order valence-corrected chi connectivity index (χ3v) is 5.73. The highest BCUT2D eigenvalue weighted by Crippen LogP contribution is 2.29. The molecular formula is C23H18N4O2S. The molecule has 148 valence electrons. The highest BCUT2D eigenvalue weighted by Gasteiger charge is 2.16. The summed E-state index contributed by atoms with van der Waals surface area (Å²) < 4.78 is 1.94. The molecule has 1 N–H and O–H groups in total. The molecule has 0 aliphatic heterocycles. The summed E-state index contributed by atoms with van der Waals surface area (Å²) in [4.78, 5) is 28.5. The van der Waals surface area contributed by atoms with Gasteiger partial charge in [0.1, 0.15) is 6.07 Å². The third-order valence-electron chi connectivity index (χ3n) is 4.73. The molecule has 0 spiro atoms. The summed E-state index contributed by atoms with van der Waals surface area (Å²) in [5.74, 6) is 0.0678. The second-order valence-electron chi connectivity index (χ2n) is 6.88. The van der Waals surface area contributed by atoms with Crippen molar-refractivity contribution in [3.05, 3.63) is 71.3 Å². The number of fused-ring (bicyclic) bond motifs is 3. The largest absolute Gasteiger partial charge is 0.326 e. The molecule has 0 aliphatic carbocycles. The van der Waals surface area contributed by atoms with Crippen molar-refractivity contribution < 1.29 is 9.59 Å². The van der Waals surface area contributed by atoms with Gasteiger partial charge in [-0.1, -0.05) is 23.9 Å². The SMILES string of the molecule is CC(=O)Nc1ccc(C(=O)CSc2cc(C)c(C#N)c3nc4ccccc4n23)cc1. The number of para-hydroxylation sites is 2. The Morgan fingerprint density at radius 2 is 1.90 bits per heavy atom. The van der Waals surface area contributed by atoms with Crippen LogP contribution in [0.15, 0.2) is 59.6 Å². The normalized spacial score (nSPS) is 10.8. The van der Waals surface area contributed by atoms with Crippen LogP contribution in [0.2, 0.25) is 0 Å². The van der Waals surface area contributed by atoms with Gasteiger partial charge in [-0.2, -0.15) is 5.26 Å². The van der Waals surface area contributed by atoms with Crippen molar-refractivity contribution in [3.63, 3.8) is 0 Å². The number of hydrogen-bond acceptors (Lipinski definition) is 5. The van der Waals surface area contributed by atoms with E-state index in [0.717, 1.165) is 21.6 Å². The number of pyridine rings is 1. The summed E-state index contributed by atoms with van der Waals surface area (Å²) in [6, 6.07) is 18.7. The molecule has 6 nitrogen and oxygen atoms in total. The van der Waals surface area contributed by atoms with Gasteiger partial charge in [0.05, 0.1) is 27.4 Å². The number of carbonyl (C=O) groups excluding carboxylic acids is 2. The maximum Gasteiger partial charge on any atom is 0.221 e. The van der Waals surface area contributed by atoms with Crippen LogP contribution in [-0.4, -0.2) is 26.8 Å². The molecule has 1 amide bonds. The first kappa shape index (κ1) is 19.7. The van der Waals surface area contributed by atoms with E-state index in [1.165, 1.54) is 18.7 Å². The van der Waals surface area contributed by atoms with E-state index >= 15 is 0 Å². The van der Waals surface area contributed by atoms with E-state index in [4.69, 9.17) is 0 Å². The van der Waals surface area contributed by atoms with Crippen molar-refractivity contribution in [2.75, 3.05) is 11.1 Å². The van der Waals surface area contributed by atoms with Gasteiger partial charge in [0.2, 0.25) is 5.91 Å². The van der Waals surface area contributed by atoms with Crippen LogP contribution in [0.1, 0.15) is 28.4 Å². The second kappa shape index (κ2) is 8.01. The Labute approximate surface area is 177 Å². The number of amides is 1. The summed E-state index contributed by atoms with van der Waals surface area (Å²) in [6.07, 6.45) is 0. The summed E-state index contributed by atoms with van der Waals surface area (Å²) in [7, 11) is 0. The molecule has 2 heterocycles. The summed E-state index contributed by atoms with van der Waals surface area (Å²) in [5, 5.41) is 13.1. The smallest absolute Gasteiger partial charge is 0.221 e. The van der Waals surface area contributed by atoms with Crippen LogP contribution in [0.3, 0.4) is 0 Å². The van der Waals surface area contributed by atoms with Crippen molar-refractivity contribution in [2.24, 2.45) is 0 Å². The lowest BCUT2D eigenvalue weighted by molar-refractivity contribution is -0.114. The van der Waals surface area contributed by atoms with E-state index in [2.05, 4.69) is 16.4 Å². The fraction of sp³-hybridized carbons (Fsp3) is 0.130. The molecule has 30 heavy (non-hydrogen) atoms. The number of aromatic nitrogens is 2. The molecular weight excluding hydrogens is 396 g/mol. The molecule has 0 bridgehead atoms. The first-order chi connectivity index (χ1) is 14.5. The molecule has 0 aliphatic rings. The van der Waals surface area contributed by atoms with Gasteiger partial charge in [0, 0.05) is 18.2 Å². The fourth-order valence-electron chi connectivity index (χ4n) is 3.32. The van der Waals surface area contributed by atoms with Crippen LogP contribution < -0.4 is 5.32 Å². The Morgan fingerprint density at radius 1 is 1.17 bits per heavy atom. The number of thioether (sulfide) groups is 1. The van der Waals surface area contributed by atoms with E-state index < -0.39 is 0 Å². The number of nitrogens with zero attached hydrogens (tertiary/aromatic N) is 3. The average Bonchev–Trinajstić information content (AvgIpc) is 3.11. The standard InChI is InChI=1S/C23H18N4O2S/c1-14-11-22(27-20-6-4-3-5-19(20)26-23(27)18(14)12-24)30-13-21(29)16-7-9-17(10-8-16)25-15(2)28/h3-11H,13H2,1-2H3,(H,25,28). The lowest BCUT2D eigenvalue weighted by atomic mass is 10.1. The predicted octanol–water partition coefficient (Wildman–Crippen LogP) is 4.60. The van der Waals surface area contributed by atoms with Crippen LogP contribution >= 0.6 is 11.8 Å². The Balaban J connectivity index is 1.65. The number of anilines is 1. The van der Waals surface area contributed by atoms with E-state index in [1.807, 2.05) is 41.7 Å². The Bertz CT molecular complexity index is 1330. The maximum absolute atomic E-state index is 12.7. The van der Waals surface area contributed by atoms with Crippen molar-refractivity contribution in [1.82, 2.24) is 9.38 Å². The monoisotopic (exact) mass is 414 g/mol. The molecule has 0 radical (unpaired) electrons. The number of hydrogen-bond donors (Lipinski definition) is 1. The summed E-state index contributed by atoms with van der Waals surface area (Å²) in [5.41, 5.74) is 4.91. The van der Waals surface area contributed by atoms with Gasteiger partial charge < -0.3 is 5.32 Å². The highest BCUT2D eigenvalue weighted by atomic mass is 32.2. The van der Waals surface area contributed by atoms with Crippen molar-refractivity contribution in [3.8, 4) is 6.07 Å². The van der Waals surface area contributed by atoms with E-state index in [1.54, 1.807) is 24.3 Å². The molecule has 4 rings (SSSR count). The minimum absolute atomic E-state index is 0.0195. The molecule has 0 saturated carbocycles.